The highest BCUT2D eigenvalue weighted by Gasteiger charge is 2.18. The Morgan fingerprint density at radius 3 is 2.39 bits per heavy atom. The van der Waals surface area contributed by atoms with E-state index in [9.17, 15) is 19.7 Å². The summed E-state index contributed by atoms with van der Waals surface area (Å²) in [6, 6.07) is 12.9. The van der Waals surface area contributed by atoms with Crippen LogP contribution in [0.2, 0.25) is 10.0 Å². The van der Waals surface area contributed by atoms with Crippen LogP contribution in [0, 0.1) is 10.1 Å². The maximum absolute atomic E-state index is 12.1. The smallest absolute Gasteiger partial charge is 0.374 e. The van der Waals surface area contributed by atoms with Crippen molar-refractivity contribution in [3.63, 3.8) is 0 Å². The lowest BCUT2D eigenvalue weighted by atomic mass is 10.1. The molecule has 142 valence electrons. The number of halogens is 2. The number of esters is 1. The molecule has 3 rings (SSSR count). The topological polar surface area (TPSA) is 99.7 Å². The number of non-ortho nitro benzene ring substituents is 1. The van der Waals surface area contributed by atoms with E-state index in [-0.39, 0.29) is 22.2 Å². The Balaban J connectivity index is 1.68. The minimum atomic E-state index is -0.827. The molecule has 0 bridgehead atoms. The highest BCUT2D eigenvalue weighted by Crippen LogP contribution is 2.32. The zero-order valence-electron chi connectivity index (χ0n) is 14.1. The summed E-state index contributed by atoms with van der Waals surface area (Å²) < 4.78 is 10.4. The van der Waals surface area contributed by atoms with Gasteiger partial charge in [-0.2, -0.15) is 0 Å². The maximum atomic E-state index is 12.1. The maximum Gasteiger partial charge on any atom is 0.374 e. The Morgan fingerprint density at radius 1 is 1.04 bits per heavy atom. The number of ketones is 1. The molecule has 0 amide bonds. The normalized spacial score (nSPS) is 10.5. The number of carbonyl (C=O) groups is 2. The third-order valence-corrected chi connectivity index (χ3v) is 4.30. The van der Waals surface area contributed by atoms with Gasteiger partial charge in [0.15, 0.2) is 12.4 Å². The second kappa shape index (κ2) is 8.24. The Hall–Kier alpha value is -3.16. The van der Waals surface area contributed by atoms with E-state index in [4.69, 9.17) is 32.4 Å². The molecule has 0 N–H and O–H groups in total. The van der Waals surface area contributed by atoms with Gasteiger partial charge in [0.2, 0.25) is 5.76 Å². The first-order valence-electron chi connectivity index (χ1n) is 7.85. The molecule has 0 aliphatic rings. The molecule has 0 unspecified atom stereocenters. The predicted octanol–water partition coefficient (Wildman–Crippen LogP) is 5.20. The van der Waals surface area contributed by atoms with Crippen molar-refractivity contribution in [3.8, 4) is 11.3 Å². The van der Waals surface area contributed by atoms with Crippen LogP contribution in [0.1, 0.15) is 20.9 Å². The van der Waals surface area contributed by atoms with Crippen molar-refractivity contribution in [1.29, 1.82) is 0 Å². The number of Topliss-reactive ketones (excluding diaryl/α,β-unsaturated/α-hetero) is 1. The zero-order valence-corrected chi connectivity index (χ0v) is 15.6. The standard InChI is InChI=1S/C19H11Cl2NO6/c20-12-3-1-11(2-4-12)16(23)10-27-19(24)18-8-7-17(28-18)14-6-5-13(22(25)26)9-15(14)21/h1-9H,10H2. The number of carbonyl (C=O) groups excluding carboxylic acids is 2. The van der Waals surface area contributed by atoms with E-state index in [0.717, 1.165) is 0 Å². The zero-order chi connectivity index (χ0) is 20.3. The summed E-state index contributed by atoms with van der Waals surface area (Å²) in [6.45, 7) is -0.464. The van der Waals surface area contributed by atoms with E-state index in [0.29, 0.717) is 16.1 Å². The van der Waals surface area contributed by atoms with Crippen LogP contribution in [0.5, 0.6) is 0 Å². The number of hydrogen-bond acceptors (Lipinski definition) is 6. The van der Waals surface area contributed by atoms with Gasteiger partial charge >= 0.3 is 5.97 Å². The molecular formula is C19H11Cl2NO6. The van der Waals surface area contributed by atoms with Crippen LogP contribution in [0.3, 0.4) is 0 Å². The van der Waals surface area contributed by atoms with Crippen LogP contribution in [0.25, 0.3) is 11.3 Å². The van der Waals surface area contributed by atoms with Crippen molar-refractivity contribution in [1.82, 2.24) is 0 Å². The number of benzene rings is 2. The molecule has 3 aromatic rings. The molecule has 0 radical (unpaired) electrons. The van der Waals surface area contributed by atoms with Crippen molar-refractivity contribution in [2.24, 2.45) is 0 Å². The van der Waals surface area contributed by atoms with E-state index in [1.807, 2.05) is 0 Å². The predicted molar refractivity (Wildman–Crippen MR) is 102 cm³/mol. The number of nitro groups is 1. The van der Waals surface area contributed by atoms with Gasteiger partial charge in [0.1, 0.15) is 5.76 Å². The monoisotopic (exact) mass is 419 g/mol. The summed E-state index contributed by atoms with van der Waals surface area (Å²) in [4.78, 5) is 34.3. The first-order valence-corrected chi connectivity index (χ1v) is 8.61. The third-order valence-electron chi connectivity index (χ3n) is 3.74. The molecule has 0 saturated heterocycles. The average molecular weight is 420 g/mol. The first-order chi connectivity index (χ1) is 13.3. The number of nitro benzene ring substituents is 1. The molecule has 0 saturated carbocycles. The van der Waals surface area contributed by atoms with Crippen LogP contribution in [-0.2, 0) is 4.74 Å². The Kier molecular flexibility index (Phi) is 5.77. The van der Waals surface area contributed by atoms with Gasteiger partial charge < -0.3 is 9.15 Å². The second-order valence-electron chi connectivity index (χ2n) is 5.59. The summed E-state index contributed by atoms with van der Waals surface area (Å²) in [5, 5.41) is 11.4. The van der Waals surface area contributed by atoms with Crippen molar-refractivity contribution in [2.75, 3.05) is 6.61 Å². The quantitative estimate of drug-likeness (QED) is 0.235. The Bertz CT molecular complexity index is 1060. The third kappa shape index (κ3) is 4.39. The summed E-state index contributed by atoms with van der Waals surface area (Å²) in [5.41, 5.74) is 0.569. The van der Waals surface area contributed by atoms with Crippen LogP contribution in [-0.4, -0.2) is 23.3 Å². The van der Waals surface area contributed by atoms with E-state index in [1.165, 1.54) is 42.5 Å². The average Bonchev–Trinajstić information content (AvgIpc) is 3.16. The lowest BCUT2D eigenvalue weighted by Crippen LogP contribution is -2.13. The lowest BCUT2D eigenvalue weighted by molar-refractivity contribution is -0.384. The van der Waals surface area contributed by atoms with Gasteiger partial charge in [-0.1, -0.05) is 23.2 Å². The first kappa shape index (κ1) is 19.6. The molecule has 0 aliphatic carbocycles. The molecule has 0 fully saturated rings. The molecule has 9 heteroatoms. The Morgan fingerprint density at radius 2 is 1.75 bits per heavy atom. The minimum Gasteiger partial charge on any atom is -0.451 e. The van der Waals surface area contributed by atoms with Crippen molar-refractivity contribution in [3.05, 3.63) is 86.1 Å². The number of ether oxygens (including phenoxy) is 1. The van der Waals surface area contributed by atoms with Crippen molar-refractivity contribution >= 4 is 40.6 Å². The van der Waals surface area contributed by atoms with Gasteiger partial charge in [-0.05, 0) is 42.5 Å². The number of rotatable bonds is 6. The molecular weight excluding hydrogens is 409 g/mol. The van der Waals surface area contributed by atoms with Crippen LogP contribution in [0.4, 0.5) is 5.69 Å². The number of nitrogens with zero attached hydrogens (tertiary/aromatic N) is 1. The van der Waals surface area contributed by atoms with E-state index < -0.39 is 23.3 Å². The van der Waals surface area contributed by atoms with Gasteiger partial charge in [-0.15, -0.1) is 0 Å². The fraction of sp³-hybridized carbons (Fsp3) is 0.0526. The van der Waals surface area contributed by atoms with Crippen molar-refractivity contribution < 1.29 is 23.7 Å². The largest absolute Gasteiger partial charge is 0.451 e. The minimum absolute atomic E-state index is 0.0985. The van der Waals surface area contributed by atoms with Gasteiger partial charge in [0.25, 0.3) is 5.69 Å². The molecule has 0 aliphatic heterocycles. The summed E-state index contributed by atoms with van der Waals surface area (Å²) in [6.07, 6.45) is 0. The van der Waals surface area contributed by atoms with Gasteiger partial charge in [0.05, 0.1) is 9.95 Å². The second-order valence-corrected chi connectivity index (χ2v) is 6.43. The van der Waals surface area contributed by atoms with Crippen molar-refractivity contribution in [2.45, 2.75) is 0 Å². The summed E-state index contributed by atoms with van der Waals surface area (Å²) >= 11 is 11.8. The Labute approximate surface area is 168 Å². The molecule has 0 atom stereocenters. The van der Waals surface area contributed by atoms with E-state index >= 15 is 0 Å². The van der Waals surface area contributed by atoms with Gasteiger partial charge in [0, 0.05) is 28.3 Å². The van der Waals surface area contributed by atoms with Crippen LogP contribution in [0.15, 0.2) is 59.0 Å². The highest BCUT2D eigenvalue weighted by atomic mass is 35.5. The lowest BCUT2D eigenvalue weighted by Gasteiger charge is -2.03. The molecule has 2 aromatic carbocycles. The fourth-order valence-corrected chi connectivity index (χ4v) is 2.72. The number of hydrogen-bond donors (Lipinski definition) is 0. The summed E-state index contributed by atoms with van der Waals surface area (Å²) in [7, 11) is 0. The van der Waals surface area contributed by atoms with Gasteiger partial charge in [-0.3, -0.25) is 14.9 Å². The number of furan rings is 1. The molecule has 28 heavy (non-hydrogen) atoms. The van der Waals surface area contributed by atoms with E-state index in [2.05, 4.69) is 0 Å². The van der Waals surface area contributed by atoms with Crippen LogP contribution >= 0.6 is 23.2 Å². The van der Waals surface area contributed by atoms with Gasteiger partial charge in [-0.25, -0.2) is 4.79 Å². The molecule has 7 nitrogen and oxygen atoms in total. The molecule has 1 heterocycles. The highest BCUT2D eigenvalue weighted by molar-refractivity contribution is 6.33. The fourth-order valence-electron chi connectivity index (χ4n) is 2.33. The SMILES string of the molecule is O=C(COC(=O)c1ccc(-c2ccc([N+](=O)[O-])cc2Cl)o1)c1ccc(Cl)cc1. The molecule has 1 aromatic heterocycles. The van der Waals surface area contributed by atoms with E-state index in [1.54, 1.807) is 12.1 Å². The molecule has 0 spiro atoms. The van der Waals surface area contributed by atoms with Crippen LogP contribution < -0.4 is 0 Å². The summed E-state index contributed by atoms with van der Waals surface area (Å²) in [5.74, 6) is -1.12.